The van der Waals surface area contributed by atoms with Gasteiger partial charge in [-0.05, 0) is 55.2 Å². The summed E-state index contributed by atoms with van der Waals surface area (Å²) in [7, 11) is 0. The van der Waals surface area contributed by atoms with Crippen LogP contribution in [0.4, 0.5) is 5.13 Å². The number of morpholine rings is 1. The predicted molar refractivity (Wildman–Crippen MR) is 150 cm³/mol. The Labute approximate surface area is 222 Å². The Balaban J connectivity index is 1.37. The number of rotatable bonds is 10. The molecule has 0 spiro atoms. The monoisotopic (exact) mass is 515 g/mol. The van der Waals surface area contributed by atoms with E-state index in [-0.39, 0.29) is 5.91 Å². The summed E-state index contributed by atoms with van der Waals surface area (Å²) in [6.07, 6.45) is 1.71. The normalized spacial score (nSPS) is 14.1. The van der Waals surface area contributed by atoms with E-state index in [1.54, 1.807) is 0 Å². The predicted octanol–water partition coefficient (Wildman–Crippen LogP) is 5.65. The van der Waals surface area contributed by atoms with E-state index >= 15 is 0 Å². The van der Waals surface area contributed by atoms with Gasteiger partial charge in [-0.1, -0.05) is 59.9 Å². The zero-order valence-corrected chi connectivity index (χ0v) is 22.1. The zero-order chi connectivity index (χ0) is 25.5. The van der Waals surface area contributed by atoms with Crippen LogP contribution in [0.5, 0.6) is 5.75 Å². The average Bonchev–Trinajstić information content (AvgIpc) is 3.38. The van der Waals surface area contributed by atoms with E-state index in [1.165, 1.54) is 22.5 Å². The second-order valence-corrected chi connectivity index (χ2v) is 10.2. The summed E-state index contributed by atoms with van der Waals surface area (Å²) in [6, 6.07) is 24.3. The lowest BCUT2D eigenvalue weighted by Crippen LogP contribution is -2.39. The molecule has 1 aliphatic heterocycles. The minimum Gasteiger partial charge on any atom is -0.492 e. The molecule has 1 aliphatic rings. The van der Waals surface area contributed by atoms with Crippen molar-refractivity contribution >= 4 is 32.6 Å². The van der Waals surface area contributed by atoms with Crippen molar-refractivity contribution < 1.29 is 14.3 Å². The quantitative estimate of drug-likeness (QED) is 0.273. The summed E-state index contributed by atoms with van der Waals surface area (Å²) in [4.78, 5) is 22.9. The van der Waals surface area contributed by atoms with Crippen LogP contribution in [0.25, 0.3) is 10.2 Å². The smallest absolute Gasteiger partial charge is 0.260 e. The van der Waals surface area contributed by atoms with Crippen molar-refractivity contribution in [3.05, 3.63) is 89.5 Å². The maximum absolute atomic E-state index is 13.8. The van der Waals surface area contributed by atoms with Crippen molar-refractivity contribution in [3.63, 3.8) is 0 Å². The fraction of sp³-hybridized carbons (Fsp3) is 0.333. The lowest BCUT2D eigenvalue weighted by molar-refractivity contribution is 0.0376. The number of hydrogen-bond donors (Lipinski definition) is 0. The van der Waals surface area contributed by atoms with Crippen LogP contribution in [0.3, 0.4) is 0 Å². The molecular formula is C30H33N3O3S. The van der Waals surface area contributed by atoms with E-state index in [4.69, 9.17) is 14.5 Å². The average molecular weight is 516 g/mol. The summed E-state index contributed by atoms with van der Waals surface area (Å²) in [6.45, 7) is 7.50. The molecule has 0 saturated carbocycles. The fourth-order valence-corrected chi connectivity index (χ4v) is 5.62. The fourth-order valence-electron chi connectivity index (χ4n) is 4.61. The molecule has 5 rings (SSSR count). The molecule has 37 heavy (non-hydrogen) atoms. The second kappa shape index (κ2) is 12.3. The Bertz CT molecular complexity index is 1300. The van der Waals surface area contributed by atoms with Crippen molar-refractivity contribution in [2.75, 3.05) is 50.9 Å². The van der Waals surface area contributed by atoms with Crippen LogP contribution in [0.15, 0.2) is 72.8 Å². The van der Waals surface area contributed by atoms with Gasteiger partial charge in [0.15, 0.2) is 5.13 Å². The number of hydrogen-bond acceptors (Lipinski definition) is 6. The third-order valence-corrected chi connectivity index (χ3v) is 7.60. The number of aromatic nitrogens is 1. The SMILES string of the molecule is CCOc1cccc2sc(N(CCCN3CCOCC3)C(=O)c3ccc(Cc4ccccc4)cc3)nc12. The van der Waals surface area contributed by atoms with Crippen molar-refractivity contribution in [1.29, 1.82) is 0 Å². The number of anilines is 1. The number of ether oxygens (including phenoxy) is 2. The van der Waals surface area contributed by atoms with Gasteiger partial charge in [-0.25, -0.2) is 4.98 Å². The van der Waals surface area contributed by atoms with Gasteiger partial charge in [0.05, 0.1) is 24.5 Å². The number of carbonyl (C=O) groups excluding carboxylic acids is 1. The standard InChI is InChI=1S/C30H33N3O3S/c1-2-36-26-10-6-11-27-28(26)31-30(37-27)33(17-7-16-32-18-20-35-21-19-32)29(34)25-14-12-24(13-15-25)22-23-8-4-3-5-9-23/h3-6,8-15H,2,7,16-22H2,1H3. The van der Waals surface area contributed by atoms with Crippen LogP contribution in [0, 0.1) is 0 Å². The Kier molecular flexibility index (Phi) is 8.46. The first-order chi connectivity index (χ1) is 18.2. The third-order valence-electron chi connectivity index (χ3n) is 6.56. The molecule has 2 heterocycles. The first kappa shape index (κ1) is 25.4. The molecular weight excluding hydrogens is 482 g/mol. The molecule has 4 aromatic rings. The third kappa shape index (κ3) is 6.36. The topological polar surface area (TPSA) is 54.9 Å². The lowest BCUT2D eigenvalue weighted by atomic mass is 10.0. The summed E-state index contributed by atoms with van der Waals surface area (Å²) in [5.41, 5.74) is 3.93. The molecule has 0 unspecified atom stereocenters. The van der Waals surface area contributed by atoms with Crippen LogP contribution in [-0.2, 0) is 11.2 Å². The van der Waals surface area contributed by atoms with Gasteiger partial charge in [-0.15, -0.1) is 0 Å². The van der Waals surface area contributed by atoms with E-state index in [0.717, 1.165) is 61.7 Å². The molecule has 0 bridgehead atoms. The maximum Gasteiger partial charge on any atom is 0.260 e. The number of carbonyl (C=O) groups is 1. The van der Waals surface area contributed by atoms with Gasteiger partial charge >= 0.3 is 0 Å². The Morgan fingerprint density at radius 1 is 1.00 bits per heavy atom. The minimum absolute atomic E-state index is 0.0229. The summed E-state index contributed by atoms with van der Waals surface area (Å²) >= 11 is 1.54. The highest BCUT2D eigenvalue weighted by atomic mass is 32.1. The molecule has 6 nitrogen and oxygen atoms in total. The molecule has 0 N–H and O–H groups in total. The number of nitrogens with zero attached hydrogens (tertiary/aromatic N) is 3. The number of benzene rings is 3. The maximum atomic E-state index is 13.8. The van der Waals surface area contributed by atoms with Gasteiger partial charge in [-0.2, -0.15) is 0 Å². The molecule has 0 aliphatic carbocycles. The minimum atomic E-state index is -0.0229. The number of amides is 1. The molecule has 1 fully saturated rings. The van der Waals surface area contributed by atoms with Crippen molar-refractivity contribution in [3.8, 4) is 5.75 Å². The van der Waals surface area contributed by atoms with Gasteiger partial charge in [-0.3, -0.25) is 14.6 Å². The van der Waals surface area contributed by atoms with Crippen LogP contribution >= 0.6 is 11.3 Å². The van der Waals surface area contributed by atoms with E-state index in [9.17, 15) is 4.79 Å². The summed E-state index contributed by atoms with van der Waals surface area (Å²) in [5, 5.41) is 0.711. The van der Waals surface area contributed by atoms with Crippen molar-refractivity contribution in [1.82, 2.24) is 9.88 Å². The molecule has 1 saturated heterocycles. The summed E-state index contributed by atoms with van der Waals surface area (Å²) in [5.74, 6) is 0.735. The molecule has 1 aromatic heterocycles. The highest BCUT2D eigenvalue weighted by molar-refractivity contribution is 7.22. The molecule has 1 amide bonds. The molecule has 0 radical (unpaired) electrons. The lowest BCUT2D eigenvalue weighted by Gasteiger charge is -2.27. The van der Waals surface area contributed by atoms with Crippen LogP contribution < -0.4 is 9.64 Å². The molecule has 3 aromatic carbocycles. The summed E-state index contributed by atoms with van der Waals surface area (Å²) < 4.78 is 12.3. The van der Waals surface area contributed by atoms with Crippen LogP contribution in [0.2, 0.25) is 0 Å². The van der Waals surface area contributed by atoms with E-state index < -0.39 is 0 Å². The number of fused-ring (bicyclic) bond motifs is 1. The highest BCUT2D eigenvalue weighted by Crippen LogP contribution is 2.35. The van der Waals surface area contributed by atoms with E-state index in [0.29, 0.717) is 23.8 Å². The Morgan fingerprint density at radius 2 is 1.76 bits per heavy atom. The second-order valence-electron chi connectivity index (χ2n) is 9.16. The van der Waals surface area contributed by atoms with Gasteiger partial charge < -0.3 is 9.47 Å². The van der Waals surface area contributed by atoms with E-state index in [1.807, 2.05) is 48.2 Å². The van der Waals surface area contributed by atoms with Crippen LogP contribution in [0.1, 0.15) is 34.8 Å². The van der Waals surface area contributed by atoms with E-state index in [2.05, 4.69) is 41.3 Å². The zero-order valence-electron chi connectivity index (χ0n) is 21.3. The Morgan fingerprint density at radius 3 is 2.51 bits per heavy atom. The number of para-hydroxylation sites is 1. The van der Waals surface area contributed by atoms with Gasteiger partial charge in [0.1, 0.15) is 11.3 Å². The van der Waals surface area contributed by atoms with Crippen molar-refractivity contribution in [2.45, 2.75) is 19.8 Å². The highest BCUT2D eigenvalue weighted by Gasteiger charge is 2.23. The molecule has 192 valence electrons. The Hall–Kier alpha value is -3.26. The van der Waals surface area contributed by atoms with Gasteiger partial charge in [0.2, 0.25) is 0 Å². The van der Waals surface area contributed by atoms with Crippen molar-refractivity contribution in [2.24, 2.45) is 0 Å². The van der Waals surface area contributed by atoms with Gasteiger partial charge in [0, 0.05) is 31.7 Å². The largest absolute Gasteiger partial charge is 0.492 e. The first-order valence-corrected chi connectivity index (χ1v) is 13.8. The van der Waals surface area contributed by atoms with Crippen LogP contribution in [-0.4, -0.2) is 61.8 Å². The van der Waals surface area contributed by atoms with Gasteiger partial charge in [0.25, 0.3) is 5.91 Å². The number of thiazole rings is 1. The first-order valence-electron chi connectivity index (χ1n) is 13.0. The molecule has 0 atom stereocenters. The molecule has 7 heteroatoms.